The van der Waals surface area contributed by atoms with Crippen LogP contribution in [-0.4, -0.2) is 23.4 Å². The van der Waals surface area contributed by atoms with Gasteiger partial charge in [0.1, 0.15) is 0 Å². The number of aliphatic hydroxyl groups is 2. The minimum atomic E-state index is 0.184. The van der Waals surface area contributed by atoms with E-state index in [-0.39, 0.29) is 18.6 Å². The van der Waals surface area contributed by atoms with Gasteiger partial charge < -0.3 is 10.2 Å². The van der Waals surface area contributed by atoms with Gasteiger partial charge >= 0.3 is 0 Å². The van der Waals surface area contributed by atoms with Crippen molar-refractivity contribution in [1.29, 1.82) is 0 Å². The molecule has 1 aliphatic carbocycles. The molecule has 2 N–H and O–H groups in total. The second-order valence-electron chi connectivity index (χ2n) is 3.40. The van der Waals surface area contributed by atoms with Gasteiger partial charge in [0.05, 0.1) is 0 Å². The molecule has 54 valence electrons. The number of hydrogen-bond donors (Lipinski definition) is 2. The Balaban J connectivity index is 2.45. The van der Waals surface area contributed by atoms with Crippen LogP contribution in [0.1, 0.15) is 13.8 Å². The molecule has 0 bridgehead atoms. The van der Waals surface area contributed by atoms with Gasteiger partial charge in [-0.3, -0.25) is 0 Å². The van der Waals surface area contributed by atoms with Crippen LogP contribution in [0.2, 0.25) is 0 Å². The Morgan fingerprint density at radius 2 is 1.44 bits per heavy atom. The van der Waals surface area contributed by atoms with Gasteiger partial charge in [0.15, 0.2) is 0 Å². The summed E-state index contributed by atoms with van der Waals surface area (Å²) in [6.07, 6.45) is 0. The van der Waals surface area contributed by atoms with E-state index in [1.54, 1.807) is 0 Å². The molecule has 0 aromatic heterocycles. The molecule has 1 saturated carbocycles. The van der Waals surface area contributed by atoms with Crippen LogP contribution in [0.15, 0.2) is 0 Å². The third-order valence-electron chi connectivity index (χ3n) is 2.68. The van der Waals surface area contributed by atoms with E-state index in [2.05, 4.69) is 13.8 Å². The van der Waals surface area contributed by atoms with Crippen molar-refractivity contribution in [2.45, 2.75) is 13.8 Å². The molecule has 2 heteroatoms. The maximum Gasteiger partial charge on any atom is 0.0468 e. The van der Waals surface area contributed by atoms with Gasteiger partial charge in [-0.05, 0) is 17.3 Å². The van der Waals surface area contributed by atoms with Crippen LogP contribution in [0.3, 0.4) is 0 Å². The lowest BCUT2D eigenvalue weighted by atomic mass is 10.1. The maximum absolute atomic E-state index is 8.73. The number of rotatable bonds is 2. The van der Waals surface area contributed by atoms with Gasteiger partial charge in [0.25, 0.3) is 0 Å². The smallest absolute Gasteiger partial charge is 0.0468 e. The van der Waals surface area contributed by atoms with E-state index in [4.69, 9.17) is 10.2 Å². The van der Waals surface area contributed by atoms with Crippen molar-refractivity contribution in [3.8, 4) is 0 Å². The molecule has 1 rings (SSSR count). The highest BCUT2D eigenvalue weighted by atomic mass is 16.3. The zero-order valence-corrected chi connectivity index (χ0v) is 5.96. The molecule has 0 aliphatic heterocycles. The van der Waals surface area contributed by atoms with Crippen molar-refractivity contribution in [3.63, 3.8) is 0 Å². The van der Waals surface area contributed by atoms with Gasteiger partial charge in [0.2, 0.25) is 0 Å². The Morgan fingerprint density at radius 1 is 1.11 bits per heavy atom. The lowest BCUT2D eigenvalue weighted by Crippen LogP contribution is -1.94. The normalized spacial score (nSPS) is 38.7. The summed E-state index contributed by atoms with van der Waals surface area (Å²) in [7, 11) is 0. The quantitative estimate of drug-likeness (QED) is 0.562. The van der Waals surface area contributed by atoms with Crippen molar-refractivity contribution in [1.82, 2.24) is 0 Å². The molecule has 9 heavy (non-hydrogen) atoms. The molecule has 0 saturated heterocycles. The van der Waals surface area contributed by atoms with E-state index in [1.807, 2.05) is 0 Å². The van der Waals surface area contributed by atoms with E-state index in [9.17, 15) is 0 Å². The molecule has 1 aliphatic rings. The first kappa shape index (κ1) is 7.03. The molecule has 0 radical (unpaired) electrons. The fraction of sp³-hybridized carbons (Fsp3) is 1.00. The van der Waals surface area contributed by atoms with Crippen LogP contribution >= 0.6 is 0 Å². The lowest BCUT2D eigenvalue weighted by Gasteiger charge is -1.97. The fourth-order valence-electron chi connectivity index (χ4n) is 1.58. The molecule has 0 spiro atoms. The molecule has 2 atom stereocenters. The van der Waals surface area contributed by atoms with Crippen molar-refractivity contribution in [2.75, 3.05) is 13.2 Å². The summed E-state index contributed by atoms with van der Waals surface area (Å²) in [5.41, 5.74) is 0.184. The molecular weight excluding hydrogens is 116 g/mol. The maximum atomic E-state index is 8.73. The Hall–Kier alpha value is -0.0800. The Kier molecular flexibility index (Phi) is 1.53. The minimum absolute atomic E-state index is 0.184. The first-order chi connectivity index (χ1) is 4.14. The van der Waals surface area contributed by atoms with Crippen LogP contribution in [-0.2, 0) is 0 Å². The van der Waals surface area contributed by atoms with E-state index in [1.165, 1.54) is 0 Å². The fourth-order valence-corrected chi connectivity index (χ4v) is 1.58. The second-order valence-corrected chi connectivity index (χ2v) is 3.40. The lowest BCUT2D eigenvalue weighted by molar-refractivity contribution is 0.232. The van der Waals surface area contributed by atoms with Crippen molar-refractivity contribution in [3.05, 3.63) is 0 Å². The third kappa shape index (κ3) is 0.864. The monoisotopic (exact) mass is 130 g/mol. The molecule has 0 aromatic rings. The number of aliphatic hydroxyl groups excluding tert-OH is 2. The molecule has 0 heterocycles. The van der Waals surface area contributed by atoms with E-state index < -0.39 is 0 Å². The van der Waals surface area contributed by atoms with Gasteiger partial charge in [0, 0.05) is 13.2 Å². The van der Waals surface area contributed by atoms with Crippen molar-refractivity contribution in [2.24, 2.45) is 17.3 Å². The van der Waals surface area contributed by atoms with Crippen molar-refractivity contribution < 1.29 is 10.2 Å². The first-order valence-corrected chi connectivity index (χ1v) is 3.36. The third-order valence-corrected chi connectivity index (χ3v) is 2.68. The van der Waals surface area contributed by atoms with Gasteiger partial charge in [-0.15, -0.1) is 0 Å². The van der Waals surface area contributed by atoms with E-state index in [0.717, 1.165) is 0 Å². The topological polar surface area (TPSA) is 40.5 Å². The van der Waals surface area contributed by atoms with Crippen LogP contribution in [0.5, 0.6) is 0 Å². The predicted octanol–water partition coefficient (Wildman–Crippen LogP) is 0.243. The SMILES string of the molecule is CC1(C)[C@H](CO)[C@@H]1CO. The zero-order chi connectivity index (χ0) is 7.07. The van der Waals surface area contributed by atoms with Crippen LogP contribution < -0.4 is 0 Å². The highest BCUT2D eigenvalue weighted by Gasteiger charge is 2.56. The average Bonchev–Trinajstić information content (AvgIpc) is 2.32. The van der Waals surface area contributed by atoms with E-state index in [0.29, 0.717) is 11.8 Å². The largest absolute Gasteiger partial charge is 0.396 e. The summed E-state index contributed by atoms with van der Waals surface area (Å²) in [5.74, 6) is 0.671. The molecule has 0 amide bonds. The summed E-state index contributed by atoms with van der Waals surface area (Å²) in [5, 5.41) is 17.5. The van der Waals surface area contributed by atoms with Crippen LogP contribution in [0.4, 0.5) is 0 Å². The molecule has 2 nitrogen and oxygen atoms in total. The second kappa shape index (κ2) is 1.96. The molecular formula is C7H14O2. The van der Waals surface area contributed by atoms with Gasteiger partial charge in [-0.1, -0.05) is 13.8 Å². The highest BCUT2D eigenvalue weighted by molar-refractivity contribution is 5.03. The summed E-state index contributed by atoms with van der Waals surface area (Å²) < 4.78 is 0. The van der Waals surface area contributed by atoms with Gasteiger partial charge in [-0.25, -0.2) is 0 Å². The minimum Gasteiger partial charge on any atom is -0.396 e. The number of hydrogen-bond acceptors (Lipinski definition) is 2. The summed E-state index contributed by atoms with van der Waals surface area (Å²) in [6.45, 7) is 4.60. The predicted molar refractivity (Wildman–Crippen MR) is 34.9 cm³/mol. The Morgan fingerprint density at radius 3 is 1.56 bits per heavy atom. The summed E-state index contributed by atoms with van der Waals surface area (Å²) in [6, 6.07) is 0. The molecule has 0 unspecified atom stereocenters. The molecule has 1 fully saturated rings. The van der Waals surface area contributed by atoms with Crippen LogP contribution in [0.25, 0.3) is 0 Å². The van der Waals surface area contributed by atoms with Crippen LogP contribution in [0, 0.1) is 17.3 Å². The highest BCUT2D eigenvalue weighted by Crippen LogP contribution is 2.57. The van der Waals surface area contributed by atoms with E-state index >= 15 is 0 Å². The Bertz CT molecular complexity index is 97.5. The standard InChI is InChI=1S/C7H14O2/c1-7(2)5(3-8)6(7)4-9/h5-6,8-9H,3-4H2,1-2H3/t5-,6+. The summed E-state index contributed by atoms with van der Waals surface area (Å²) >= 11 is 0. The zero-order valence-electron chi connectivity index (χ0n) is 5.96. The Labute approximate surface area is 55.5 Å². The first-order valence-electron chi connectivity index (χ1n) is 3.36. The summed E-state index contributed by atoms with van der Waals surface area (Å²) in [4.78, 5) is 0. The van der Waals surface area contributed by atoms with Crippen molar-refractivity contribution >= 4 is 0 Å². The molecule has 0 aromatic carbocycles. The average molecular weight is 130 g/mol. The van der Waals surface area contributed by atoms with Gasteiger partial charge in [-0.2, -0.15) is 0 Å².